The Balaban J connectivity index is 1.63. The number of benzene rings is 1. The van der Waals surface area contributed by atoms with Crippen molar-refractivity contribution < 1.29 is 9.72 Å². The molecule has 7 nitrogen and oxygen atoms in total. The molecular formula is C17H24N4O3. The molecule has 7 heteroatoms. The van der Waals surface area contributed by atoms with E-state index in [2.05, 4.69) is 5.32 Å². The molecule has 2 fully saturated rings. The van der Waals surface area contributed by atoms with Crippen LogP contribution in [-0.4, -0.2) is 55.5 Å². The zero-order chi connectivity index (χ0) is 17.1. The molecule has 0 unspecified atom stereocenters. The predicted octanol–water partition coefficient (Wildman–Crippen LogP) is 1.49. The number of amides is 1. The molecule has 2 saturated heterocycles. The number of nitrogens with zero attached hydrogens (tertiary/aromatic N) is 3. The average molecular weight is 332 g/mol. The second-order valence-corrected chi connectivity index (χ2v) is 6.74. The van der Waals surface area contributed by atoms with Crippen molar-refractivity contribution in [3.63, 3.8) is 0 Å². The number of para-hydroxylation sites is 2. The van der Waals surface area contributed by atoms with Gasteiger partial charge >= 0.3 is 0 Å². The zero-order valence-electron chi connectivity index (χ0n) is 14.0. The van der Waals surface area contributed by atoms with Crippen LogP contribution in [-0.2, 0) is 4.79 Å². The summed E-state index contributed by atoms with van der Waals surface area (Å²) in [7, 11) is 1.73. The highest BCUT2D eigenvalue weighted by Gasteiger charge is 2.31. The minimum atomic E-state index is -0.406. The van der Waals surface area contributed by atoms with Gasteiger partial charge in [-0.3, -0.25) is 14.9 Å². The molecular weight excluding hydrogens is 308 g/mol. The molecule has 1 aromatic rings. The fraction of sp³-hybridized carbons (Fsp3) is 0.588. The number of fused-ring (bicyclic) bond motifs is 1. The van der Waals surface area contributed by atoms with Gasteiger partial charge in [0, 0.05) is 26.2 Å². The summed E-state index contributed by atoms with van der Waals surface area (Å²) in [5.41, 5.74) is 0.510. The maximum atomic E-state index is 12.6. The zero-order valence-corrected chi connectivity index (χ0v) is 14.0. The highest BCUT2D eigenvalue weighted by Crippen LogP contribution is 2.28. The van der Waals surface area contributed by atoms with Crippen molar-refractivity contribution >= 4 is 17.3 Å². The van der Waals surface area contributed by atoms with E-state index in [-0.39, 0.29) is 18.1 Å². The third-order valence-electron chi connectivity index (χ3n) is 5.23. The highest BCUT2D eigenvalue weighted by molar-refractivity contribution is 5.82. The van der Waals surface area contributed by atoms with E-state index < -0.39 is 4.92 Å². The molecule has 2 heterocycles. The number of rotatable bonds is 4. The average Bonchev–Trinajstić information content (AvgIpc) is 2.93. The first kappa shape index (κ1) is 16.7. The van der Waals surface area contributed by atoms with Crippen LogP contribution >= 0.6 is 0 Å². The first-order valence-electron chi connectivity index (χ1n) is 8.49. The molecule has 130 valence electrons. The summed E-state index contributed by atoms with van der Waals surface area (Å²) >= 11 is 0. The molecule has 1 amide bonds. The Labute approximate surface area is 141 Å². The number of hydrogen-bond acceptors (Lipinski definition) is 5. The maximum Gasteiger partial charge on any atom is 0.292 e. The van der Waals surface area contributed by atoms with Crippen molar-refractivity contribution in [2.24, 2.45) is 11.8 Å². The van der Waals surface area contributed by atoms with Gasteiger partial charge in [0.25, 0.3) is 5.69 Å². The largest absolute Gasteiger partial charge is 0.360 e. The van der Waals surface area contributed by atoms with Gasteiger partial charge in [-0.2, -0.15) is 0 Å². The Morgan fingerprint density at radius 1 is 1.29 bits per heavy atom. The summed E-state index contributed by atoms with van der Waals surface area (Å²) in [6, 6.07) is 6.54. The third kappa shape index (κ3) is 3.51. The number of likely N-dealkylation sites (N-methyl/N-ethyl adjacent to an activating group) is 1. The second-order valence-electron chi connectivity index (χ2n) is 6.74. The van der Waals surface area contributed by atoms with E-state index in [1.807, 2.05) is 4.90 Å². The Hall–Kier alpha value is -2.15. The SMILES string of the molecule is CN(CC(=O)N1CC[C@@H]2CNC[C@@H]2CC1)c1ccccc1[N+](=O)[O-]. The Morgan fingerprint density at radius 2 is 1.92 bits per heavy atom. The second kappa shape index (κ2) is 7.17. The molecule has 2 aliphatic rings. The van der Waals surface area contributed by atoms with E-state index in [0.29, 0.717) is 17.5 Å². The van der Waals surface area contributed by atoms with E-state index in [9.17, 15) is 14.9 Å². The number of nitrogens with one attached hydrogen (secondary N) is 1. The van der Waals surface area contributed by atoms with Crippen molar-refractivity contribution in [2.45, 2.75) is 12.8 Å². The Bertz CT molecular complexity index is 608. The van der Waals surface area contributed by atoms with E-state index in [1.165, 1.54) is 6.07 Å². The van der Waals surface area contributed by atoms with Gasteiger partial charge in [-0.15, -0.1) is 0 Å². The lowest BCUT2D eigenvalue weighted by Gasteiger charge is -2.25. The summed E-state index contributed by atoms with van der Waals surface area (Å²) in [6.07, 6.45) is 2.08. The van der Waals surface area contributed by atoms with Gasteiger partial charge in [-0.05, 0) is 43.8 Å². The Morgan fingerprint density at radius 3 is 2.54 bits per heavy atom. The highest BCUT2D eigenvalue weighted by atomic mass is 16.6. The molecule has 2 aliphatic heterocycles. The summed E-state index contributed by atoms with van der Waals surface area (Å²) in [4.78, 5) is 27.0. The number of hydrogen-bond donors (Lipinski definition) is 1. The van der Waals surface area contributed by atoms with Crippen molar-refractivity contribution in [2.75, 3.05) is 44.7 Å². The summed E-state index contributed by atoms with van der Waals surface area (Å²) in [5.74, 6) is 1.40. The molecule has 0 aliphatic carbocycles. The third-order valence-corrected chi connectivity index (χ3v) is 5.23. The lowest BCUT2D eigenvalue weighted by atomic mass is 9.92. The molecule has 0 aromatic heterocycles. The van der Waals surface area contributed by atoms with Crippen LogP contribution in [0, 0.1) is 22.0 Å². The number of nitro benzene ring substituents is 1. The lowest BCUT2D eigenvalue weighted by Crippen LogP contribution is -2.40. The molecule has 2 atom stereocenters. The summed E-state index contributed by atoms with van der Waals surface area (Å²) in [6.45, 7) is 3.85. The number of carbonyl (C=O) groups excluding carboxylic acids is 1. The fourth-order valence-electron chi connectivity index (χ4n) is 3.80. The van der Waals surface area contributed by atoms with Gasteiger partial charge in [0.2, 0.25) is 5.91 Å². The van der Waals surface area contributed by atoms with Crippen LogP contribution in [0.5, 0.6) is 0 Å². The fourth-order valence-corrected chi connectivity index (χ4v) is 3.80. The minimum Gasteiger partial charge on any atom is -0.360 e. The van der Waals surface area contributed by atoms with E-state index in [4.69, 9.17) is 0 Å². The summed E-state index contributed by atoms with van der Waals surface area (Å²) < 4.78 is 0. The van der Waals surface area contributed by atoms with Gasteiger partial charge in [0.05, 0.1) is 11.5 Å². The van der Waals surface area contributed by atoms with Gasteiger partial charge in [0.15, 0.2) is 0 Å². The van der Waals surface area contributed by atoms with Crippen molar-refractivity contribution in [1.29, 1.82) is 0 Å². The van der Waals surface area contributed by atoms with Crippen LogP contribution in [0.2, 0.25) is 0 Å². The minimum absolute atomic E-state index is 0.0317. The molecule has 3 rings (SSSR count). The van der Waals surface area contributed by atoms with Gasteiger partial charge in [-0.25, -0.2) is 0 Å². The van der Waals surface area contributed by atoms with Crippen LogP contribution in [0.1, 0.15) is 12.8 Å². The number of anilines is 1. The number of nitro groups is 1. The van der Waals surface area contributed by atoms with Gasteiger partial charge in [0.1, 0.15) is 5.69 Å². The number of likely N-dealkylation sites (tertiary alicyclic amines) is 1. The first-order chi connectivity index (χ1) is 11.6. The predicted molar refractivity (Wildman–Crippen MR) is 92.0 cm³/mol. The lowest BCUT2D eigenvalue weighted by molar-refractivity contribution is -0.384. The molecule has 1 N–H and O–H groups in total. The normalized spacial score (nSPS) is 23.5. The molecule has 0 bridgehead atoms. The standard InChI is InChI=1S/C17H24N4O3/c1-19(15-4-2-3-5-16(15)21(23)24)12-17(22)20-8-6-13-10-18-11-14(13)7-9-20/h2-5,13-14,18H,6-12H2,1H3/t13-,14+. The van der Waals surface area contributed by atoms with E-state index in [1.54, 1.807) is 30.1 Å². The molecule has 0 spiro atoms. The van der Waals surface area contributed by atoms with E-state index in [0.717, 1.165) is 39.0 Å². The molecule has 0 radical (unpaired) electrons. The topological polar surface area (TPSA) is 78.7 Å². The summed E-state index contributed by atoms with van der Waals surface area (Å²) in [5, 5.41) is 14.6. The monoisotopic (exact) mass is 332 g/mol. The van der Waals surface area contributed by atoms with Crippen LogP contribution in [0.15, 0.2) is 24.3 Å². The smallest absolute Gasteiger partial charge is 0.292 e. The van der Waals surface area contributed by atoms with Crippen LogP contribution in [0.25, 0.3) is 0 Å². The molecule has 24 heavy (non-hydrogen) atoms. The molecule has 0 saturated carbocycles. The number of carbonyl (C=O) groups is 1. The maximum absolute atomic E-state index is 12.6. The Kier molecular flexibility index (Phi) is 4.99. The van der Waals surface area contributed by atoms with Crippen molar-refractivity contribution in [1.82, 2.24) is 10.2 Å². The first-order valence-corrected chi connectivity index (χ1v) is 8.49. The van der Waals surface area contributed by atoms with Crippen molar-refractivity contribution in [3.8, 4) is 0 Å². The van der Waals surface area contributed by atoms with Crippen LogP contribution in [0.3, 0.4) is 0 Å². The molecule has 1 aromatic carbocycles. The quantitative estimate of drug-likeness (QED) is 0.667. The van der Waals surface area contributed by atoms with Crippen LogP contribution < -0.4 is 10.2 Å². The van der Waals surface area contributed by atoms with Crippen LogP contribution in [0.4, 0.5) is 11.4 Å². The van der Waals surface area contributed by atoms with Crippen molar-refractivity contribution in [3.05, 3.63) is 34.4 Å². The van der Waals surface area contributed by atoms with Gasteiger partial charge < -0.3 is 15.1 Å². The van der Waals surface area contributed by atoms with E-state index >= 15 is 0 Å². The van der Waals surface area contributed by atoms with Gasteiger partial charge in [-0.1, -0.05) is 12.1 Å².